The highest BCUT2D eigenvalue weighted by Gasteiger charge is 2.31. The van der Waals surface area contributed by atoms with Crippen molar-refractivity contribution in [3.05, 3.63) is 11.6 Å². The van der Waals surface area contributed by atoms with Gasteiger partial charge in [0.2, 0.25) is 0 Å². The van der Waals surface area contributed by atoms with Crippen LogP contribution in [0.1, 0.15) is 27.2 Å². The molecule has 0 aromatic rings. The molecule has 1 aliphatic rings. The molecule has 0 saturated carbocycles. The predicted molar refractivity (Wildman–Crippen MR) is 37.3 cm³/mol. The van der Waals surface area contributed by atoms with Crippen molar-refractivity contribution in [3.63, 3.8) is 0 Å². The Bertz CT molecular complexity index is 158. The smallest absolute Gasteiger partial charge is 0.159 e. The van der Waals surface area contributed by atoms with Crippen molar-refractivity contribution in [1.82, 2.24) is 0 Å². The average Bonchev–Trinajstić information content (AvgIpc) is 2.45. The number of hydrogen-bond donors (Lipinski definition) is 0. The highest BCUT2D eigenvalue weighted by molar-refractivity contribution is 5.01. The summed E-state index contributed by atoms with van der Waals surface area (Å²) in [4.78, 5) is 0. The van der Waals surface area contributed by atoms with Crippen LogP contribution in [0, 0.1) is 0 Å². The molecule has 0 N–H and O–H groups in total. The van der Waals surface area contributed by atoms with E-state index in [-0.39, 0.29) is 5.66 Å². The molecular weight excluding hydrogens is 112 g/mol. The zero-order valence-corrected chi connectivity index (χ0v) is 6.18. The first-order chi connectivity index (χ1) is 4.12. The van der Waals surface area contributed by atoms with Gasteiger partial charge in [-0.1, -0.05) is 11.6 Å². The lowest BCUT2D eigenvalue weighted by atomic mass is 10.1. The zero-order valence-electron chi connectivity index (χ0n) is 6.18. The standard InChI is InChI=1S/C7H12N2/c1-6(2)4-5-7(3)8-9-7/h4H,5H2,1-3H3. The van der Waals surface area contributed by atoms with Gasteiger partial charge in [0.05, 0.1) is 0 Å². The van der Waals surface area contributed by atoms with E-state index in [1.54, 1.807) is 0 Å². The largest absolute Gasteiger partial charge is 0.191 e. The Morgan fingerprint density at radius 3 is 2.33 bits per heavy atom. The third kappa shape index (κ3) is 1.96. The Morgan fingerprint density at radius 1 is 1.44 bits per heavy atom. The summed E-state index contributed by atoms with van der Waals surface area (Å²) < 4.78 is 0. The number of hydrogen-bond acceptors (Lipinski definition) is 2. The summed E-state index contributed by atoms with van der Waals surface area (Å²) in [5.41, 5.74) is 1.30. The van der Waals surface area contributed by atoms with E-state index in [1.165, 1.54) is 5.57 Å². The highest BCUT2D eigenvalue weighted by Crippen LogP contribution is 2.31. The van der Waals surface area contributed by atoms with Crippen molar-refractivity contribution in [2.45, 2.75) is 32.9 Å². The summed E-state index contributed by atoms with van der Waals surface area (Å²) in [5.74, 6) is 0. The molecule has 0 fully saturated rings. The molecule has 0 unspecified atom stereocenters. The van der Waals surface area contributed by atoms with Crippen LogP contribution in [0.15, 0.2) is 21.9 Å². The molecule has 0 bridgehead atoms. The van der Waals surface area contributed by atoms with Crippen LogP contribution < -0.4 is 0 Å². The van der Waals surface area contributed by atoms with Gasteiger partial charge in [0, 0.05) is 6.42 Å². The first-order valence-electron chi connectivity index (χ1n) is 3.20. The van der Waals surface area contributed by atoms with Crippen molar-refractivity contribution in [2.24, 2.45) is 10.2 Å². The van der Waals surface area contributed by atoms with E-state index >= 15 is 0 Å². The monoisotopic (exact) mass is 124 g/mol. The van der Waals surface area contributed by atoms with Gasteiger partial charge >= 0.3 is 0 Å². The Kier molecular flexibility index (Phi) is 1.39. The maximum absolute atomic E-state index is 3.89. The van der Waals surface area contributed by atoms with Crippen molar-refractivity contribution >= 4 is 0 Å². The van der Waals surface area contributed by atoms with Crippen LogP contribution in [0.5, 0.6) is 0 Å². The number of rotatable bonds is 2. The van der Waals surface area contributed by atoms with Gasteiger partial charge in [-0.2, -0.15) is 10.2 Å². The van der Waals surface area contributed by atoms with Crippen LogP contribution in [0.25, 0.3) is 0 Å². The molecule has 2 heteroatoms. The fourth-order valence-corrected chi connectivity index (χ4v) is 0.564. The number of nitrogens with zero attached hydrogens (tertiary/aromatic N) is 2. The van der Waals surface area contributed by atoms with Crippen molar-refractivity contribution in [1.29, 1.82) is 0 Å². The van der Waals surface area contributed by atoms with Crippen LogP contribution >= 0.6 is 0 Å². The minimum atomic E-state index is -0.0444. The van der Waals surface area contributed by atoms with E-state index in [2.05, 4.69) is 30.2 Å². The van der Waals surface area contributed by atoms with Crippen LogP contribution in [0.4, 0.5) is 0 Å². The summed E-state index contributed by atoms with van der Waals surface area (Å²) in [6.07, 6.45) is 3.13. The van der Waals surface area contributed by atoms with Gasteiger partial charge in [0.15, 0.2) is 5.66 Å². The van der Waals surface area contributed by atoms with Gasteiger partial charge in [-0.3, -0.25) is 0 Å². The van der Waals surface area contributed by atoms with Gasteiger partial charge in [0.1, 0.15) is 0 Å². The van der Waals surface area contributed by atoms with Crippen LogP contribution in [-0.2, 0) is 0 Å². The van der Waals surface area contributed by atoms with Crippen LogP contribution in [0.3, 0.4) is 0 Å². The molecule has 0 amide bonds. The average molecular weight is 124 g/mol. The van der Waals surface area contributed by atoms with Gasteiger partial charge in [0.25, 0.3) is 0 Å². The minimum Gasteiger partial charge on any atom is -0.159 e. The van der Waals surface area contributed by atoms with E-state index in [4.69, 9.17) is 0 Å². The third-order valence-corrected chi connectivity index (χ3v) is 1.34. The van der Waals surface area contributed by atoms with Gasteiger partial charge in [-0.15, -0.1) is 0 Å². The molecule has 0 aromatic carbocycles. The second kappa shape index (κ2) is 1.94. The quantitative estimate of drug-likeness (QED) is 0.505. The third-order valence-electron chi connectivity index (χ3n) is 1.34. The summed E-state index contributed by atoms with van der Waals surface area (Å²) in [7, 11) is 0. The lowest BCUT2D eigenvalue weighted by Gasteiger charge is -1.96. The Labute approximate surface area is 55.7 Å². The zero-order chi connectivity index (χ0) is 6.91. The SMILES string of the molecule is CC(C)=CCC1(C)N=N1. The van der Waals surface area contributed by atoms with E-state index in [0.29, 0.717) is 0 Å². The van der Waals surface area contributed by atoms with Crippen molar-refractivity contribution < 1.29 is 0 Å². The molecule has 0 radical (unpaired) electrons. The first-order valence-corrected chi connectivity index (χ1v) is 3.20. The molecular formula is C7H12N2. The highest BCUT2D eigenvalue weighted by atomic mass is 15.4. The maximum Gasteiger partial charge on any atom is 0.191 e. The fraction of sp³-hybridized carbons (Fsp3) is 0.714. The maximum atomic E-state index is 3.89. The first kappa shape index (κ1) is 6.46. The van der Waals surface area contributed by atoms with Gasteiger partial charge in [-0.25, -0.2) is 0 Å². The molecule has 2 nitrogen and oxygen atoms in total. The Hall–Kier alpha value is -0.660. The lowest BCUT2D eigenvalue weighted by molar-refractivity contribution is 0.676. The molecule has 50 valence electrons. The Morgan fingerprint density at radius 2 is 2.00 bits per heavy atom. The summed E-state index contributed by atoms with van der Waals surface area (Å²) in [5, 5.41) is 7.77. The Balaban J connectivity index is 2.28. The summed E-state index contributed by atoms with van der Waals surface area (Å²) in [6, 6.07) is 0. The molecule has 0 aromatic heterocycles. The van der Waals surface area contributed by atoms with E-state index in [9.17, 15) is 0 Å². The van der Waals surface area contributed by atoms with Crippen molar-refractivity contribution in [2.75, 3.05) is 0 Å². The van der Waals surface area contributed by atoms with Crippen LogP contribution in [-0.4, -0.2) is 5.66 Å². The second-order valence-corrected chi connectivity index (χ2v) is 2.90. The molecule has 0 atom stereocenters. The molecule has 9 heavy (non-hydrogen) atoms. The van der Waals surface area contributed by atoms with Crippen molar-refractivity contribution in [3.8, 4) is 0 Å². The topological polar surface area (TPSA) is 24.7 Å². The minimum absolute atomic E-state index is 0.0444. The van der Waals surface area contributed by atoms with Gasteiger partial charge < -0.3 is 0 Å². The van der Waals surface area contributed by atoms with E-state index < -0.39 is 0 Å². The van der Waals surface area contributed by atoms with E-state index in [0.717, 1.165) is 6.42 Å². The molecule has 1 heterocycles. The fourth-order valence-electron chi connectivity index (χ4n) is 0.564. The normalized spacial score (nSPS) is 19.4. The lowest BCUT2D eigenvalue weighted by Crippen LogP contribution is -2.00. The van der Waals surface area contributed by atoms with E-state index in [1.807, 2.05) is 6.92 Å². The molecule has 0 saturated heterocycles. The molecule has 0 spiro atoms. The van der Waals surface area contributed by atoms with Crippen LogP contribution in [0.2, 0.25) is 0 Å². The van der Waals surface area contributed by atoms with Gasteiger partial charge in [-0.05, 0) is 20.8 Å². The number of allylic oxidation sites excluding steroid dienone is 1. The molecule has 0 aliphatic carbocycles. The summed E-state index contributed by atoms with van der Waals surface area (Å²) in [6.45, 7) is 6.21. The summed E-state index contributed by atoms with van der Waals surface area (Å²) >= 11 is 0. The molecule has 1 rings (SSSR count). The second-order valence-electron chi connectivity index (χ2n) is 2.90. The predicted octanol–water partition coefficient (Wildman–Crippen LogP) is 2.52. The molecule has 1 aliphatic heterocycles.